The van der Waals surface area contributed by atoms with E-state index in [1.807, 2.05) is 6.92 Å². The Morgan fingerprint density at radius 3 is 1.44 bits per heavy atom. The van der Waals surface area contributed by atoms with E-state index < -0.39 is 12.7 Å². The number of carbonyl (C=O) groups excluding carboxylic acids is 1. The van der Waals surface area contributed by atoms with E-state index in [9.17, 15) is 14.8 Å². The van der Waals surface area contributed by atoms with Crippen LogP contribution in [-0.2, 0) is 45.1 Å². The molecule has 0 aromatic carbocycles. The van der Waals surface area contributed by atoms with Crippen LogP contribution in [0.1, 0.15) is 119 Å². The molecule has 3 atom stereocenters. The fraction of sp³-hybridized carbons (Fsp3) is 0.958. The van der Waals surface area contributed by atoms with Crippen molar-refractivity contribution in [2.24, 2.45) is 17.8 Å². The molecular weight excluding hydrogens is 497 g/mol. The molecule has 3 unspecified atom stereocenters. The summed E-state index contributed by atoms with van der Waals surface area (Å²) in [5.41, 5.74) is 0. The number of aliphatic carboxylic acids is 1. The van der Waals surface area contributed by atoms with E-state index in [0.29, 0.717) is 31.5 Å². The molecular formula is C24H49O5PSZn. The third-order valence-electron chi connectivity index (χ3n) is 5.76. The summed E-state index contributed by atoms with van der Waals surface area (Å²) in [5, 5.41) is 10.3. The van der Waals surface area contributed by atoms with Crippen LogP contribution < -0.4 is 10.00 Å². The molecule has 0 aliphatic rings. The first kappa shape index (κ1) is 37.2. The van der Waals surface area contributed by atoms with E-state index >= 15 is 0 Å². The second-order valence-corrected chi connectivity index (χ2v) is 11.2. The minimum atomic E-state index is -3.31. The fourth-order valence-electron chi connectivity index (χ4n) is 3.17. The van der Waals surface area contributed by atoms with Gasteiger partial charge in [0.25, 0.3) is 0 Å². The summed E-state index contributed by atoms with van der Waals surface area (Å²) in [6, 6.07) is 0. The van der Waals surface area contributed by atoms with E-state index in [1.165, 1.54) is 25.7 Å². The summed E-state index contributed by atoms with van der Waals surface area (Å²) in [7, 11) is 0. The Morgan fingerprint density at radius 2 is 1.16 bits per heavy atom. The van der Waals surface area contributed by atoms with Crippen molar-refractivity contribution in [2.45, 2.75) is 119 Å². The first-order chi connectivity index (χ1) is 14.7. The zero-order chi connectivity index (χ0) is 24.1. The number of carbonyl (C=O) groups is 1. The smallest absolute Gasteiger partial charge is 0.780 e. The van der Waals surface area contributed by atoms with Crippen molar-refractivity contribution in [3.05, 3.63) is 0 Å². The van der Waals surface area contributed by atoms with Gasteiger partial charge in [-0.2, -0.15) is 0 Å². The van der Waals surface area contributed by atoms with Crippen LogP contribution in [0.25, 0.3) is 0 Å². The van der Waals surface area contributed by atoms with E-state index in [2.05, 4.69) is 34.6 Å². The molecule has 188 valence electrons. The molecule has 0 heterocycles. The number of unbranched alkanes of at least 4 members (excludes halogenated alkanes) is 3. The van der Waals surface area contributed by atoms with Gasteiger partial charge in [0.1, 0.15) is 6.72 Å². The van der Waals surface area contributed by atoms with Crippen molar-refractivity contribution in [3.8, 4) is 0 Å². The minimum absolute atomic E-state index is 0. The molecule has 0 radical (unpaired) electrons. The molecule has 0 aliphatic heterocycles. The Bertz CT molecular complexity index is 444. The van der Waals surface area contributed by atoms with Crippen LogP contribution in [0.5, 0.6) is 0 Å². The number of carboxylic acid groups (broad SMARTS) is 1. The maximum Gasteiger partial charge on any atom is 2.00 e. The van der Waals surface area contributed by atoms with Crippen molar-refractivity contribution < 1.29 is 43.3 Å². The van der Waals surface area contributed by atoms with E-state index in [0.717, 1.165) is 44.9 Å². The maximum atomic E-state index is 12.2. The van der Waals surface area contributed by atoms with E-state index in [4.69, 9.17) is 20.9 Å². The second kappa shape index (κ2) is 24.7. The summed E-state index contributed by atoms with van der Waals surface area (Å²) >= 11 is 5.01. The Morgan fingerprint density at radius 1 is 0.781 bits per heavy atom. The monoisotopic (exact) mass is 544 g/mol. The standard InChI is InChI=1S/C16H35O3PS.C8H16O2.Zn/c1-5-9-11-15(7-3)13-18-20(17,21)19-14-16(8-4)12-10-6-2;1-3-5-6-7(4-2)8(9)10;/h15-16H,5-14H2,1-4H3,(H,17,21);7H,3-6H2,1-2H3,(H,9,10);/q;;+2/p-2. The minimum Gasteiger partial charge on any atom is -0.780 e. The molecule has 0 spiro atoms. The van der Waals surface area contributed by atoms with Gasteiger partial charge in [-0.05, 0) is 43.4 Å². The Kier molecular flexibility index (Phi) is 28.7. The molecule has 0 saturated carbocycles. The number of carboxylic acids is 1. The van der Waals surface area contributed by atoms with Crippen molar-refractivity contribution in [2.75, 3.05) is 13.2 Å². The predicted octanol–water partition coefficient (Wildman–Crippen LogP) is 5.99. The first-order valence-corrected chi connectivity index (χ1v) is 15.1. The first-order valence-electron chi connectivity index (χ1n) is 12.5. The maximum absolute atomic E-state index is 12.2. The van der Waals surface area contributed by atoms with Gasteiger partial charge in [0.05, 0.1) is 13.2 Å². The SMILES string of the molecule is CCCCC(CC)C(=O)[O-].CCCCC(CC)COP([O-])(=S)OCC(CC)CCCC.[Zn+2]. The van der Waals surface area contributed by atoms with Gasteiger partial charge in [0.2, 0.25) is 0 Å². The summed E-state index contributed by atoms with van der Waals surface area (Å²) in [6.07, 6.45) is 12.5. The summed E-state index contributed by atoms with van der Waals surface area (Å²) in [4.78, 5) is 22.5. The molecule has 0 N–H and O–H groups in total. The topological polar surface area (TPSA) is 81.7 Å². The third kappa shape index (κ3) is 22.4. The van der Waals surface area contributed by atoms with E-state index in [-0.39, 0.29) is 25.4 Å². The Balaban J connectivity index is -0.000000646. The van der Waals surface area contributed by atoms with Crippen LogP contribution in [0.2, 0.25) is 0 Å². The summed E-state index contributed by atoms with van der Waals surface area (Å²) in [5.74, 6) is -0.241. The van der Waals surface area contributed by atoms with Crippen LogP contribution in [-0.4, -0.2) is 19.2 Å². The van der Waals surface area contributed by atoms with Crippen LogP contribution in [0.4, 0.5) is 0 Å². The number of hydrogen-bond acceptors (Lipinski definition) is 6. The third-order valence-corrected chi connectivity index (χ3v) is 7.32. The largest absolute Gasteiger partial charge is 2.00 e. The van der Waals surface area contributed by atoms with Crippen LogP contribution in [0.15, 0.2) is 0 Å². The Labute approximate surface area is 216 Å². The Hall–Kier alpha value is 0.623. The van der Waals surface area contributed by atoms with Crippen LogP contribution in [0.3, 0.4) is 0 Å². The molecule has 8 heteroatoms. The molecule has 5 nitrogen and oxygen atoms in total. The summed E-state index contributed by atoms with van der Waals surface area (Å²) in [6.45, 7) is 10.2. The van der Waals surface area contributed by atoms with Crippen molar-refractivity contribution in [3.63, 3.8) is 0 Å². The second-order valence-electron chi connectivity index (χ2n) is 8.44. The van der Waals surface area contributed by atoms with Gasteiger partial charge in [0, 0.05) is 5.97 Å². The molecule has 0 amide bonds. The number of hydrogen-bond donors (Lipinski definition) is 0. The van der Waals surface area contributed by atoms with Gasteiger partial charge >= 0.3 is 19.5 Å². The summed E-state index contributed by atoms with van der Waals surface area (Å²) < 4.78 is 10.9. The zero-order valence-electron chi connectivity index (χ0n) is 21.7. The number of rotatable bonds is 19. The van der Waals surface area contributed by atoms with Crippen molar-refractivity contribution in [1.29, 1.82) is 0 Å². The van der Waals surface area contributed by atoms with Gasteiger partial charge in [-0.3, -0.25) is 0 Å². The molecule has 32 heavy (non-hydrogen) atoms. The molecule has 0 fully saturated rings. The average molecular weight is 546 g/mol. The molecule has 0 aromatic heterocycles. The van der Waals surface area contributed by atoms with Gasteiger partial charge in [0.15, 0.2) is 0 Å². The fourth-order valence-corrected chi connectivity index (χ4v) is 4.39. The van der Waals surface area contributed by atoms with Gasteiger partial charge < -0.3 is 23.8 Å². The van der Waals surface area contributed by atoms with Crippen molar-refractivity contribution >= 4 is 24.5 Å². The average Bonchev–Trinajstić information content (AvgIpc) is 2.75. The quantitative estimate of drug-likeness (QED) is 0.146. The molecule has 0 aromatic rings. The van der Waals surface area contributed by atoms with Gasteiger partial charge in [-0.1, -0.05) is 105 Å². The van der Waals surface area contributed by atoms with Crippen LogP contribution in [0, 0.1) is 17.8 Å². The molecule has 0 aliphatic carbocycles. The van der Waals surface area contributed by atoms with Gasteiger partial charge in [-0.15, -0.1) is 0 Å². The molecule has 0 bridgehead atoms. The zero-order valence-corrected chi connectivity index (χ0v) is 26.4. The molecule has 0 rings (SSSR count). The normalized spacial score (nSPS) is 15.5. The van der Waals surface area contributed by atoms with E-state index in [1.54, 1.807) is 0 Å². The molecule has 0 saturated heterocycles. The van der Waals surface area contributed by atoms with Gasteiger partial charge in [-0.25, -0.2) is 0 Å². The van der Waals surface area contributed by atoms with Crippen molar-refractivity contribution in [1.82, 2.24) is 0 Å². The predicted molar refractivity (Wildman–Crippen MR) is 131 cm³/mol. The van der Waals surface area contributed by atoms with Crippen LogP contribution >= 0.6 is 6.72 Å².